The first-order valence-electron chi connectivity index (χ1n) is 8.67. The molecule has 0 bridgehead atoms. The number of hydrogen-bond acceptors (Lipinski definition) is 5. The van der Waals surface area contributed by atoms with E-state index in [9.17, 15) is 4.79 Å². The van der Waals surface area contributed by atoms with E-state index in [4.69, 9.17) is 9.72 Å². The standard InChI is InChI=1S/C18H24BrN3O2S/c1-13(2)12-22-17(23)15-11-14(19)3-4-16(15)20-18(22)25-10-7-21-5-8-24-9-6-21/h3-4,11,13H,5-10,12H2,1-2H3. The van der Waals surface area contributed by atoms with Gasteiger partial charge in [-0.25, -0.2) is 4.98 Å². The van der Waals surface area contributed by atoms with Crippen molar-refractivity contribution in [2.45, 2.75) is 25.5 Å². The summed E-state index contributed by atoms with van der Waals surface area (Å²) >= 11 is 5.12. The highest BCUT2D eigenvalue weighted by atomic mass is 79.9. The van der Waals surface area contributed by atoms with Gasteiger partial charge >= 0.3 is 0 Å². The third-order valence-corrected chi connectivity index (χ3v) is 5.62. The first-order valence-corrected chi connectivity index (χ1v) is 10.5. The molecule has 0 spiro atoms. The Balaban J connectivity index is 1.84. The SMILES string of the molecule is CC(C)Cn1c(SCCN2CCOCC2)nc2ccc(Br)cc2c1=O. The second-order valence-electron chi connectivity index (χ2n) is 6.67. The van der Waals surface area contributed by atoms with Crippen LogP contribution in [0.1, 0.15) is 13.8 Å². The number of benzene rings is 1. The Kier molecular flexibility index (Phi) is 6.55. The molecule has 5 nitrogen and oxygen atoms in total. The highest BCUT2D eigenvalue weighted by molar-refractivity contribution is 9.10. The Morgan fingerprint density at radius 3 is 2.80 bits per heavy atom. The molecule has 136 valence electrons. The molecular weight excluding hydrogens is 402 g/mol. The monoisotopic (exact) mass is 425 g/mol. The lowest BCUT2D eigenvalue weighted by atomic mass is 10.2. The maximum atomic E-state index is 13.0. The Morgan fingerprint density at radius 1 is 1.32 bits per heavy atom. The molecule has 0 N–H and O–H groups in total. The first-order chi connectivity index (χ1) is 12.0. The topological polar surface area (TPSA) is 47.4 Å². The molecule has 1 aliphatic heterocycles. The zero-order valence-electron chi connectivity index (χ0n) is 14.7. The van der Waals surface area contributed by atoms with Gasteiger partial charge in [-0.2, -0.15) is 0 Å². The van der Waals surface area contributed by atoms with Crippen molar-refractivity contribution in [1.29, 1.82) is 0 Å². The number of thioether (sulfide) groups is 1. The zero-order chi connectivity index (χ0) is 17.8. The predicted octanol–water partition coefficient (Wildman–Crippen LogP) is 3.24. The van der Waals surface area contributed by atoms with E-state index in [1.807, 2.05) is 22.8 Å². The fraction of sp³-hybridized carbons (Fsp3) is 0.556. The predicted molar refractivity (Wildman–Crippen MR) is 107 cm³/mol. The van der Waals surface area contributed by atoms with Crippen molar-refractivity contribution < 1.29 is 4.74 Å². The average Bonchev–Trinajstić information content (AvgIpc) is 2.59. The van der Waals surface area contributed by atoms with Crippen molar-refractivity contribution in [2.75, 3.05) is 38.6 Å². The largest absolute Gasteiger partial charge is 0.379 e. The van der Waals surface area contributed by atoms with Crippen LogP contribution in [0, 0.1) is 5.92 Å². The van der Waals surface area contributed by atoms with Gasteiger partial charge in [0.05, 0.1) is 24.1 Å². The van der Waals surface area contributed by atoms with Gasteiger partial charge in [-0.05, 0) is 24.1 Å². The summed E-state index contributed by atoms with van der Waals surface area (Å²) in [5.74, 6) is 1.31. The molecule has 3 rings (SSSR count). The lowest BCUT2D eigenvalue weighted by Crippen LogP contribution is -2.37. The second-order valence-corrected chi connectivity index (χ2v) is 8.65. The molecular formula is C18H24BrN3O2S. The van der Waals surface area contributed by atoms with Gasteiger partial charge in [0.25, 0.3) is 5.56 Å². The van der Waals surface area contributed by atoms with E-state index in [-0.39, 0.29) is 5.56 Å². The highest BCUT2D eigenvalue weighted by Crippen LogP contribution is 2.21. The summed E-state index contributed by atoms with van der Waals surface area (Å²) in [4.78, 5) is 20.1. The molecule has 1 aromatic carbocycles. The lowest BCUT2D eigenvalue weighted by molar-refractivity contribution is 0.0410. The number of ether oxygens (including phenoxy) is 1. The zero-order valence-corrected chi connectivity index (χ0v) is 17.1. The maximum absolute atomic E-state index is 13.0. The number of nitrogens with zero attached hydrogens (tertiary/aromatic N) is 3. The summed E-state index contributed by atoms with van der Waals surface area (Å²) in [5.41, 5.74) is 0.816. The molecule has 0 aliphatic carbocycles. The van der Waals surface area contributed by atoms with Crippen molar-refractivity contribution in [3.63, 3.8) is 0 Å². The van der Waals surface area contributed by atoms with E-state index in [1.165, 1.54) is 0 Å². The molecule has 2 aromatic rings. The molecule has 0 unspecified atom stereocenters. The highest BCUT2D eigenvalue weighted by Gasteiger charge is 2.15. The number of rotatable bonds is 6. The fourth-order valence-corrected chi connectivity index (χ4v) is 4.27. The van der Waals surface area contributed by atoms with Crippen LogP contribution in [0.3, 0.4) is 0 Å². The average molecular weight is 426 g/mol. The molecule has 7 heteroatoms. The van der Waals surface area contributed by atoms with Crippen LogP contribution in [0.15, 0.2) is 32.6 Å². The smallest absolute Gasteiger partial charge is 0.262 e. The number of halogens is 1. The van der Waals surface area contributed by atoms with Gasteiger partial charge in [0.1, 0.15) is 0 Å². The summed E-state index contributed by atoms with van der Waals surface area (Å²) in [5, 5.41) is 1.49. The summed E-state index contributed by atoms with van der Waals surface area (Å²) in [6.45, 7) is 9.52. The van der Waals surface area contributed by atoms with Crippen LogP contribution in [-0.4, -0.2) is 53.1 Å². The molecule has 2 heterocycles. The summed E-state index contributed by atoms with van der Waals surface area (Å²) < 4.78 is 8.13. The minimum atomic E-state index is 0.0499. The van der Waals surface area contributed by atoms with Crippen LogP contribution >= 0.6 is 27.7 Å². The quantitative estimate of drug-likeness (QED) is 0.524. The van der Waals surface area contributed by atoms with Gasteiger partial charge in [-0.15, -0.1) is 0 Å². The summed E-state index contributed by atoms with van der Waals surface area (Å²) in [6, 6.07) is 5.71. The van der Waals surface area contributed by atoms with Gasteiger partial charge in [0.2, 0.25) is 0 Å². The van der Waals surface area contributed by atoms with E-state index in [1.54, 1.807) is 11.8 Å². The molecule has 0 radical (unpaired) electrons. The molecule has 0 saturated carbocycles. The molecule has 1 saturated heterocycles. The van der Waals surface area contributed by atoms with Crippen LogP contribution in [-0.2, 0) is 11.3 Å². The van der Waals surface area contributed by atoms with E-state index < -0.39 is 0 Å². The Labute approximate surface area is 160 Å². The maximum Gasteiger partial charge on any atom is 0.262 e. The Bertz CT molecular complexity index is 788. The number of fused-ring (bicyclic) bond motifs is 1. The molecule has 1 aromatic heterocycles. The third kappa shape index (κ3) is 4.84. The van der Waals surface area contributed by atoms with Gasteiger partial charge < -0.3 is 4.74 Å². The van der Waals surface area contributed by atoms with E-state index in [0.29, 0.717) is 17.8 Å². The van der Waals surface area contributed by atoms with Crippen LogP contribution in [0.5, 0.6) is 0 Å². The minimum Gasteiger partial charge on any atom is -0.379 e. The van der Waals surface area contributed by atoms with Crippen LogP contribution < -0.4 is 5.56 Å². The molecule has 0 amide bonds. The third-order valence-electron chi connectivity index (χ3n) is 4.17. The van der Waals surface area contributed by atoms with E-state index in [0.717, 1.165) is 53.7 Å². The first kappa shape index (κ1) is 18.9. The summed E-state index contributed by atoms with van der Waals surface area (Å²) in [6.07, 6.45) is 0. The number of aromatic nitrogens is 2. The van der Waals surface area contributed by atoms with Crippen molar-refractivity contribution >= 4 is 38.6 Å². The Hall–Kier alpha value is -0.890. The van der Waals surface area contributed by atoms with Crippen LogP contribution in [0.25, 0.3) is 10.9 Å². The van der Waals surface area contributed by atoms with Gasteiger partial charge in [-0.3, -0.25) is 14.3 Å². The normalized spacial score (nSPS) is 16.0. The van der Waals surface area contributed by atoms with Gasteiger partial charge in [0.15, 0.2) is 5.16 Å². The number of hydrogen-bond donors (Lipinski definition) is 0. The lowest BCUT2D eigenvalue weighted by Gasteiger charge is -2.26. The Morgan fingerprint density at radius 2 is 2.08 bits per heavy atom. The van der Waals surface area contributed by atoms with E-state index >= 15 is 0 Å². The van der Waals surface area contributed by atoms with Gasteiger partial charge in [0, 0.05) is 36.4 Å². The summed E-state index contributed by atoms with van der Waals surface area (Å²) in [7, 11) is 0. The van der Waals surface area contributed by atoms with Crippen LogP contribution in [0.4, 0.5) is 0 Å². The minimum absolute atomic E-state index is 0.0499. The van der Waals surface area contributed by atoms with E-state index in [2.05, 4.69) is 34.7 Å². The van der Waals surface area contributed by atoms with Crippen molar-refractivity contribution in [2.24, 2.45) is 5.92 Å². The molecule has 1 fully saturated rings. The fourth-order valence-electron chi connectivity index (χ4n) is 2.90. The molecule has 25 heavy (non-hydrogen) atoms. The molecule has 1 aliphatic rings. The van der Waals surface area contributed by atoms with Crippen LogP contribution in [0.2, 0.25) is 0 Å². The molecule has 0 atom stereocenters. The van der Waals surface area contributed by atoms with Crippen molar-refractivity contribution in [1.82, 2.24) is 14.5 Å². The van der Waals surface area contributed by atoms with Gasteiger partial charge in [-0.1, -0.05) is 41.5 Å². The number of morpholine rings is 1. The van der Waals surface area contributed by atoms with Crippen molar-refractivity contribution in [3.05, 3.63) is 33.0 Å². The second kappa shape index (κ2) is 8.66. The van der Waals surface area contributed by atoms with Crippen molar-refractivity contribution in [3.8, 4) is 0 Å².